The molecule has 2 heterocycles. The molecule has 0 radical (unpaired) electrons. The third-order valence-corrected chi connectivity index (χ3v) is 4.43. The molecule has 1 aromatic carbocycles. The van der Waals surface area contributed by atoms with E-state index in [4.69, 9.17) is 4.74 Å². The number of aromatic nitrogens is 2. The summed E-state index contributed by atoms with van der Waals surface area (Å²) in [4.78, 5) is 13.9. The van der Waals surface area contributed by atoms with Gasteiger partial charge in [-0.15, -0.1) is 10.2 Å². The van der Waals surface area contributed by atoms with Crippen LogP contribution in [0.25, 0.3) is 0 Å². The molecule has 0 spiro atoms. The van der Waals surface area contributed by atoms with E-state index in [0.29, 0.717) is 11.7 Å². The molecule has 1 amide bonds. The van der Waals surface area contributed by atoms with Crippen molar-refractivity contribution in [2.24, 2.45) is 0 Å². The number of hydrogen-bond acceptors (Lipinski definition) is 5. The van der Waals surface area contributed by atoms with Crippen LogP contribution in [-0.2, 0) is 6.42 Å². The molecule has 2 aromatic rings. The van der Waals surface area contributed by atoms with E-state index in [1.54, 1.807) is 20.2 Å². The molecule has 0 bridgehead atoms. The molecule has 1 saturated heterocycles. The van der Waals surface area contributed by atoms with Crippen LogP contribution in [0.1, 0.15) is 28.9 Å². The van der Waals surface area contributed by atoms with E-state index in [1.165, 1.54) is 5.56 Å². The Morgan fingerprint density at radius 1 is 1.29 bits per heavy atom. The molecule has 0 aliphatic carbocycles. The molecular weight excluding hydrogens is 304 g/mol. The summed E-state index contributed by atoms with van der Waals surface area (Å²) < 4.78 is 5.46. The zero-order valence-electron chi connectivity index (χ0n) is 14.0. The maximum atomic E-state index is 11.6. The standard InChI is InChI=1S/C18H22N4O2/c1-19-18(23)15-9-10-17(21-20-15)22-11-5-7-14(22)12-13-6-3-4-8-16(13)24-2/h3-4,6,8-10,14H,5,7,11-12H2,1-2H3,(H,19,23). The van der Waals surface area contributed by atoms with Gasteiger partial charge in [-0.25, -0.2) is 0 Å². The van der Waals surface area contributed by atoms with Crippen molar-refractivity contribution >= 4 is 11.7 Å². The topological polar surface area (TPSA) is 67.4 Å². The first-order valence-corrected chi connectivity index (χ1v) is 8.17. The van der Waals surface area contributed by atoms with Gasteiger partial charge in [0.2, 0.25) is 0 Å². The van der Waals surface area contributed by atoms with Gasteiger partial charge in [-0.1, -0.05) is 18.2 Å². The van der Waals surface area contributed by atoms with Crippen molar-refractivity contribution in [2.45, 2.75) is 25.3 Å². The molecule has 126 valence electrons. The van der Waals surface area contributed by atoms with Gasteiger partial charge in [-0.05, 0) is 43.0 Å². The maximum Gasteiger partial charge on any atom is 0.271 e. The van der Waals surface area contributed by atoms with Crippen LogP contribution in [0.3, 0.4) is 0 Å². The van der Waals surface area contributed by atoms with E-state index in [2.05, 4.69) is 26.5 Å². The summed E-state index contributed by atoms with van der Waals surface area (Å²) in [7, 11) is 3.29. The minimum absolute atomic E-state index is 0.221. The lowest BCUT2D eigenvalue weighted by atomic mass is 10.0. The van der Waals surface area contributed by atoms with Gasteiger partial charge < -0.3 is 15.0 Å². The van der Waals surface area contributed by atoms with Gasteiger partial charge in [0, 0.05) is 19.6 Å². The van der Waals surface area contributed by atoms with Crippen LogP contribution in [0, 0.1) is 0 Å². The molecule has 1 aliphatic rings. The van der Waals surface area contributed by atoms with Crippen LogP contribution < -0.4 is 15.0 Å². The van der Waals surface area contributed by atoms with Gasteiger partial charge in [0.05, 0.1) is 7.11 Å². The first-order valence-electron chi connectivity index (χ1n) is 8.17. The summed E-state index contributed by atoms with van der Waals surface area (Å²) in [5.41, 5.74) is 1.54. The van der Waals surface area contributed by atoms with E-state index in [0.717, 1.165) is 37.4 Å². The number of benzene rings is 1. The van der Waals surface area contributed by atoms with Crippen LogP contribution in [0.5, 0.6) is 5.75 Å². The summed E-state index contributed by atoms with van der Waals surface area (Å²) in [5, 5.41) is 10.8. The Balaban J connectivity index is 1.77. The van der Waals surface area contributed by atoms with Crippen molar-refractivity contribution in [1.29, 1.82) is 0 Å². The highest BCUT2D eigenvalue weighted by Gasteiger charge is 2.27. The van der Waals surface area contributed by atoms with Gasteiger partial charge in [-0.2, -0.15) is 0 Å². The molecule has 1 unspecified atom stereocenters. The lowest BCUT2D eigenvalue weighted by Gasteiger charge is -2.26. The second-order valence-electron chi connectivity index (χ2n) is 5.86. The van der Waals surface area contributed by atoms with Crippen molar-refractivity contribution in [3.8, 4) is 5.75 Å². The van der Waals surface area contributed by atoms with Crippen LogP contribution in [-0.4, -0.2) is 42.8 Å². The van der Waals surface area contributed by atoms with E-state index >= 15 is 0 Å². The van der Waals surface area contributed by atoms with Crippen molar-refractivity contribution in [3.05, 3.63) is 47.7 Å². The number of nitrogens with one attached hydrogen (secondary N) is 1. The molecule has 1 atom stereocenters. The van der Waals surface area contributed by atoms with Crippen LogP contribution in [0.15, 0.2) is 36.4 Å². The second kappa shape index (κ2) is 7.29. The van der Waals surface area contributed by atoms with E-state index in [1.807, 2.05) is 24.3 Å². The lowest BCUT2D eigenvalue weighted by molar-refractivity contribution is 0.0957. The third-order valence-electron chi connectivity index (χ3n) is 4.43. The SMILES string of the molecule is CNC(=O)c1ccc(N2CCCC2Cc2ccccc2OC)nn1. The normalized spacial score (nSPS) is 16.9. The first kappa shape index (κ1) is 16.2. The second-order valence-corrected chi connectivity index (χ2v) is 5.86. The van der Waals surface area contributed by atoms with E-state index in [-0.39, 0.29) is 5.91 Å². The molecule has 6 nitrogen and oxygen atoms in total. The Bertz CT molecular complexity index is 702. The Labute approximate surface area is 141 Å². The fraction of sp³-hybridized carbons (Fsp3) is 0.389. The third kappa shape index (κ3) is 3.32. The molecule has 1 aromatic heterocycles. The number of hydrogen-bond donors (Lipinski definition) is 1. The van der Waals surface area contributed by atoms with Gasteiger partial charge >= 0.3 is 0 Å². The summed E-state index contributed by atoms with van der Waals surface area (Å²) in [6.45, 7) is 0.952. The zero-order chi connectivity index (χ0) is 16.9. The number of methoxy groups -OCH3 is 1. The highest BCUT2D eigenvalue weighted by Crippen LogP contribution is 2.28. The average molecular weight is 326 g/mol. The smallest absolute Gasteiger partial charge is 0.271 e. The van der Waals surface area contributed by atoms with Crippen molar-refractivity contribution in [2.75, 3.05) is 25.6 Å². The average Bonchev–Trinajstić information content (AvgIpc) is 3.10. The van der Waals surface area contributed by atoms with Crippen LogP contribution >= 0.6 is 0 Å². The van der Waals surface area contributed by atoms with Crippen LogP contribution in [0.4, 0.5) is 5.82 Å². The maximum absolute atomic E-state index is 11.6. The molecular formula is C18H22N4O2. The summed E-state index contributed by atoms with van der Waals surface area (Å²) in [5.74, 6) is 1.52. The number of para-hydroxylation sites is 1. The number of anilines is 1. The highest BCUT2D eigenvalue weighted by molar-refractivity contribution is 5.91. The molecule has 1 aliphatic heterocycles. The van der Waals surface area contributed by atoms with Crippen molar-refractivity contribution in [3.63, 3.8) is 0 Å². The van der Waals surface area contributed by atoms with Gasteiger partial charge in [0.1, 0.15) is 5.75 Å². The lowest BCUT2D eigenvalue weighted by Crippen LogP contribution is -2.32. The minimum Gasteiger partial charge on any atom is -0.496 e. The number of amides is 1. The van der Waals surface area contributed by atoms with Gasteiger partial charge in [0.15, 0.2) is 11.5 Å². The summed E-state index contributed by atoms with van der Waals surface area (Å²) in [6.07, 6.45) is 3.14. The number of carbonyl (C=O) groups is 1. The predicted octanol–water partition coefficient (Wildman–Crippen LogP) is 2.06. The highest BCUT2D eigenvalue weighted by atomic mass is 16.5. The molecule has 1 fully saturated rings. The Hall–Kier alpha value is -2.63. The molecule has 6 heteroatoms. The van der Waals surface area contributed by atoms with Gasteiger partial charge in [0.25, 0.3) is 5.91 Å². The molecule has 1 N–H and O–H groups in total. The van der Waals surface area contributed by atoms with E-state index in [9.17, 15) is 4.79 Å². The first-order chi connectivity index (χ1) is 11.7. The van der Waals surface area contributed by atoms with Gasteiger partial charge in [-0.3, -0.25) is 4.79 Å². The van der Waals surface area contributed by atoms with Crippen molar-refractivity contribution < 1.29 is 9.53 Å². The predicted molar refractivity (Wildman–Crippen MR) is 92.5 cm³/mol. The monoisotopic (exact) mass is 326 g/mol. The number of ether oxygens (including phenoxy) is 1. The largest absolute Gasteiger partial charge is 0.496 e. The summed E-state index contributed by atoms with van der Waals surface area (Å²) in [6, 6.07) is 12.1. The minimum atomic E-state index is -0.221. The van der Waals surface area contributed by atoms with Crippen LogP contribution in [0.2, 0.25) is 0 Å². The molecule has 24 heavy (non-hydrogen) atoms. The number of carbonyl (C=O) groups excluding carboxylic acids is 1. The molecule has 0 saturated carbocycles. The quantitative estimate of drug-likeness (QED) is 0.911. The number of rotatable bonds is 5. The number of nitrogens with zero attached hydrogens (tertiary/aromatic N) is 3. The Morgan fingerprint density at radius 2 is 2.12 bits per heavy atom. The fourth-order valence-corrected chi connectivity index (χ4v) is 3.20. The Kier molecular flexibility index (Phi) is 4.93. The van der Waals surface area contributed by atoms with E-state index < -0.39 is 0 Å². The zero-order valence-corrected chi connectivity index (χ0v) is 14.0. The fourth-order valence-electron chi connectivity index (χ4n) is 3.20. The Morgan fingerprint density at radius 3 is 2.83 bits per heavy atom. The summed E-state index contributed by atoms with van der Waals surface area (Å²) >= 11 is 0. The van der Waals surface area contributed by atoms with Crippen molar-refractivity contribution in [1.82, 2.24) is 15.5 Å². The molecule has 3 rings (SSSR count).